The molecular formula is C21H35N3O. The molecule has 2 rings (SSSR count). The van der Waals surface area contributed by atoms with E-state index in [4.69, 9.17) is 0 Å². The zero-order chi connectivity index (χ0) is 18.5. The molecule has 0 atom stereocenters. The largest absolute Gasteiger partial charge is 0.338 e. The van der Waals surface area contributed by atoms with Gasteiger partial charge in [0.15, 0.2) is 0 Å². The Morgan fingerprint density at radius 1 is 1.12 bits per heavy atom. The van der Waals surface area contributed by atoms with Crippen molar-refractivity contribution in [1.29, 1.82) is 0 Å². The van der Waals surface area contributed by atoms with Gasteiger partial charge in [-0.1, -0.05) is 44.2 Å². The van der Waals surface area contributed by atoms with Crippen molar-refractivity contribution in [2.24, 2.45) is 5.92 Å². The van der Waals surface area contributed by atoms with Crippen molar-refractivity contribution in [3.05, 3.63) is 35.9 Å². The molecule has 1 aromatic rings. The summed E-state index contributed by atoms with van der Waals surface area (Å²) >= 11 is 0. The lowest BCUT2D eigenvalue weighted by molar-refractivity contribution is -0.127. The van der Waals surface area contributed by atoms with E-state index in [0.29, 0.717) is 5.92 Å². The van der Waals surface area contributed by atoms with Crippen LogP contribution in [0.3, 0.4) is 0 Å². The molecule has 1 saturated carbocycles. The maximum atomic E-state index is 11.9. The number of carbonyl (C=O) groups is 1. The van der Waals surface area contributed by atoms with Gasteiger partial charge in [-0.05, 0) is 58.3 Å². The van der Waals surface area contributed by atoms with Crippen LogP contribution in [0.25, 0.3) is 0 Å². The Morgan fingerprint density at radius 3 is 2.16 bits per heavy atom. The molecule has 140 valence electrons. The number of rotatable bonds is 8. The minimum atomic E-state index is -0.0743. The Labute approximate surface area is 153 Å². The smallest absolute Gasteiger partial charge is 0.210 e. The lowest BCUT2D eigenvalue weighted by Gasteiger charge is -2.53. The van der Waals surface area contributed by atoms with Gasteiger partial charge < -0.3 is 10.2 Å². The van der Waals surface area contributed by atoms with E-state index in [1.54, 1.807) is 0 Å². The fraction of sp³-hybridized carbons (Fsp3) is 0.667. The quantitative estimate of drug-likeness (QED) is 0.736. The van der Waals surface area contributed by atoms with Crippen molar-refractivity contribution in [2.75, 3.05) is 34.2 Å². The molecule has 4 nitrogen and oxygen atoms in total. The van der Waals surface area contributed by atoms with Crippen molar-refractivity contribution in [3.63, 3.8) is 0 Å². The molecule has 0 aliphatic heterocycles. The molecule has 0 bridgehead atoms. The predicted molar refractivity (Wildman–Crippen MR) is 105 cm³/mol. The number of likely N-dealkylation sites (N-methyl/N-ethyl adjacent to an activating group) is 1. The van der Waals surface area contributed by atoms with Gasteiger partial charge in [0.05, 0.1) is 5.54 Å². The summed E-state index contributed by atoms with van der Waals surface area (Å²) in [5.41, 5.74) is 1.37. The number of hydrogen-bond donors (Lipinski definition) is 1. The first kappa shape index (κ1) is 19.9. The van der Waals surface area contributed by atoms with Crippen LogP contribution in [0.15, 0.2) is 30.3 Å². The van der Waals surface area contributed by atoms with Crippen LogP contribution in [0.5, 0.6) is 0 Å². The summed E-state index contributed by atoms with van der Waals surface area (Å²) < 4.78 is 0. The van der Waals surface area contributed by atoms with Crippen LogP contribution in [0.2, 0.25) is 0 Å². The molecule has 0 spiro atoms. The first-order valence-electron chi connectivity index (χ1n) is 9.50. The first-order valence-corrected chi connectivity index (χ1v) is 9.50. The zero-order valence-corrected chi connectivity index (χ0v) is 16.6. The predicted octanol–water partition coefficient (Wildman–Crippen LogP) is 3.09. The average molecular weight is 346 g/mol. The molecule has 0 saturated heterocycles. The van der Waals surface area contributed by atoms with Crippen LogP contribution in [0.4, 0.5) is 0 Å². The van der Waals surface area contributed by atoms with Gasteiger partial charge >= 0.3 is 0 Å². The van der Waals surface area contributed by atoms with E-state index in [1.807, 2.05) is 7.05 Å². The highest BCUT2D eigenvalue weighted by Gasteiger charge is 2.47. The van der Waals surface area contributed by atoms with E-state index in [0.717, 1.165) is 45.2 Å². The van der Waals surface area contributed by atoms with Crippen LogP contribution in [0, 0.1) is 5.92 Å². The standard InChI is InChI=1S/C21H35N3O/c1-18(2)15-24(17-25)20(16-22-3)11-13-21(14-12-20,23(4)5)19-9-7-6-8-10-19/h6-10,17-18,22H,11-16H2,1-5H3. The van der Waals surface area contributed by atoms with Crippen LogP contribution in [-0.2, 0) is 10.3 Å². The summed E-state index contributed by atoms with van der Waals surface area (Å²) in [6.45, 7) is 6.04. The molecule has 0 radical (unpaired) electrons. The van der Waals surface area contributed by atoms with E-state index >= 15 is 0 Å². The Balaban J connectivity index is 2.29. The molecule has 25 heavy (non-hydrogen) atoms. The Hall–Kier alpha value is -1.39. The summed E-state index contributed by atoms with van der Waals surface area (Å²) in [7, 11) is 6.36. The van der Waals surface area contributed by atoms with Gasteiger partial charge in [0.2, 0.25) is 6.41 Å². The van der Waals surface area contributed by atoms with E-state index < -0.39 is 0 Å². The number of nitrogens with zero attached hydrogens (tertiary/aromatic N) is 2. The molecule has 1 amide bonds. The second-order valence-corrected chi connectivity index (χ2v) is 8.20. The van der Waals surface area contributed by atoms with Gasteiger partial charge in [-0.3, -0.25) is 9.69 Å². The summed E-state index contributed by atoms with van der Waals surface area (Å²) in [5.74, 6) is 0.480. The highest BCUT2D eigenvalue weighted by Crippen LogP contribution is 2.46. The monoisotopic (exact) mass is 345 g/mol. The van der Waals surface area contributed by atoms with Crippen molar-refractivity contribution < 1.29 is 4.79 Å². The number of hydrogen-bond acceptors (Lipinski definition) is 3. The summed E-state index contributed by atoms with van der Waals surface area (Å²) in [6, 6.07) is 10.8. The number of nitrogens with one attached hydrogen (secondary N) is 1. The molecule has 0 unspecified atom stereocenters. The molecule has 1 N–H and O–H groups in total. The van der Waals surface area contributed by atoms with Crippen molar-refractivity contribution in [1.82, 2.24) is 15.1 Å². The maximum absolute atomic E-state index is 11.9. The molecule has 1 aromatic carbocycles. The van der Waals surface area contributed by atoms with Gasteiger partial charge in [0, 0.05) is 18.6 Å². The third-order valence-electron chi connectivity index (χ3n) is 5.98. The second-order valence-electron chi connectivity index (χ2n) is 8.20. The molecule has 1 fully saturated rings. The number of amides is 1. The zero-order valence-electron chi connectivity index (χ0n) is 16.6. The van der Waals surface area contributed by atoms with Crippen LogP contribution < -0.4 is 5.32 Å². The van der Waals surface area contributed by atoms with E-state index in [1.165, 1.54) is 5.56 Å². The van der Waals surface area contributed by atoms with Gasteiger partial charge in [-0.2, -0.15) is 0 Å². The van der Waals surface area contributed by atoms with Crippen LogP contribution in [-0.4, -0.2) is 56.0 Å². The van der Waals surface area contributed by atoms with Gasteiger partial charge in [-0.15, -0.1) is 0 Å². The average Bonchev–Trinajstić information content (AvgIpc) is 2.61. The van der Waals surface area contributed by atoms with Gasteiger partial charge in [0.1, 0.15) is 0 Å². The lowest BCUT2D eigenvalue weighted by Crippen LogP contribution is -2.60. The molecular weight excluding hydrogens is 310 g/mol. The topological polar surface area (TPSA) is 35.6 Å². The third-order valence-corrected chi connectivity index (χ3v) is 5.98. The van der Waals surface area contributed by atoms with Crippen LogP contribution >= 0.6 is 0 Å². The van der Waals surface area contributed by atoms with E-state index in [2.05, 4.69) is 73.4 Å². The van der Waals surface area contributed by atoms with E-state index in [9.17, 15) is 4.79 Å². The molecule has 0 aromatic heterocycles. The minimum Gasteiger partial charge on any atom is -0.338 e. The number of carbonyl (C=O) groups excluding carboxylic acids is 1. The maximum Gasteiger partial charge on any atom is 0.210 e. The molecule has 4 heteroatoms. The first-order chi connectivity index (χ1) is 11.9. The van der Waals surface area contributed by atoms with Crippen LogP contribution in [0.1, 0.15) is 45.1 Å². The number of benzene rings is 1. The van der Waals surface area contributed by atoms with E-state index in [-0.39, 0.29) is 11.1 Å². The summed E-state index contributed by atoms with van der Waals surface area (Å²) in [4.78, 5) is 16.3. The summed E-state index contributed by atoms with van der Waals surface area (Å²) in [5, 5.41) is 3.35. The third kappa shape index (κ3) is 4.06. The highest BCUT2D eigenvalue weighted by molar-refractivity contribution is 5.49. The van der Waals surface area contributed by atoms with Gasteiger partial charge in [-0.25, -0.2) is 0 Å². The fourth-order valence-corrected chi connectivity index (χ4v) is 4.51. The minimum absolute atomic E-state index is 0.0604. The Bertz CT molecular complexity index is 533. The molecule has 0 heterocycles. The van der Waals surface area contributed by atoms with Crippen molar-refractivity contribution >= 4 is 6.41 Å². The molecule has 1 aliphatic rings. The van der Waals surface area contributed by atoms with Crippen molar-refractivity contribution in [2.45, 2.75) is 50.6 Å². The fourth-order valence-electron chi connectivity index (χ4n) is 4.51. The second kappa shape index (κ2) is 8.33. The highest BCUT2D eigenvalue weighted by atomic mass is 16.1. The Morgan fingerprint density at radius 2 is 1.72 bits per heavy atom. The molecule has 1 aliphatic carbocycles. The Kier molecular flexibility index (Phi) is 6.64. The van der Waals surface area contributed by atoms with Crippen molar-refractivity contribution in [3.8, 4) is 0 Å². The lowest BCUT2D eigenvalue weighted by atomic mass is 9.68. The summed E-state index contributed by atoms with van der Waals surface area (Å²) in [6.07, 6.45) is 5.24. The van der Waals surface area contributed by atoms with Gasteiger partial charge in [0.25, 0.3) is 0 Å². The SMILES string of the molecule is CNCC1(N(C=O)CC(C)C)CCC(c2ccccc2)(N(C)C)CC1. The normalized spacial score (nSPS) is 26.8.